The van der Waals surface area contributed by atoms with Crippen LogP contribution in [0.3, 0.4) is 0 Å². The fraction of sp³-hybridized carbons (Fsp3) is 0.545. The molecule has 0 spiro atoms. The molecule has 0 aromatic carbocycles. The zero-order valence-corrected chi connectivity index (χ0v) is 12.4. The third-order valence-electron chi connectivity index (χ3n) is 3.41. The van der Waals surface area contributed by atoms with Crippen molar-refractivity contribution in [1.29, 1.82) is 0 Å². The highest BCUT2D eigenvalue weighted by Crippen LogP contribution is 2.31. The molecule has 1 aliphatic rings. The highest BCUT2D eigenvalue weighted by molar-refractivity contribution is 7.09. The summed E-state index contributed by atoms with van der Waals surface area (Å²) in [5.74, 6) is -0.490. The summed E-state index contributed by atoms with van der Waals surface area (Å²) in [4.78, 5) is 16.4. The molecule has 3 rings (SSSR count). The largest absolute Gasteiger partial charge is 0.471 e. The van der Waals surface area contributed by atoms with Crippen LogP contribution in [0.25, 0.3) is 10.8 Å². The van der Waals surface area contributed by atoms with E-state index in [-0.39, 0.29) is 13.1 Å². The molecule has 1 amide bonds. The van der Waals surface area contributed by atoms with Crippen molar-refractivity contribution in [2.75, 3.05) is 6.54 Å². The first-order valence-electron chi connectivity index (χ1n) is 6.40. The van der Waals surface area contributed by atoms with E-state index in [9.17, 15) is 18.0 Å². The Morgan fingerprint density at radius 2 is 2.05 bits per heavy atom. The first-order chi connectivity index (χ1) is 10.3. The van der Waals surface area contributed by atoms with Crippen molar-refractivity contribution in [2.45, 2.75) is 32.6 Å². The first-order valence-corrected chi connectivity index (χ1v) is 7.18. The van der Waals surface area contributed by atoms with E-state index < -0.39 is 18.1 Å². The zero-order valence-electron chi connectivity index (χ0n) is 11.6. The first kappa shape index (κ1) is 14.9. The van der Waals surface area contributed by atoms with Crippen molar-refractivity contribution in [3.8, 4) is 10.8 Å². The van der Waals surface area contributed by atoms with Crippen molar-refractivity contribution >= 4 is 17.4 Å². The second kappa shape index (κ2) is 5.00. The number of amides is 1. The number of nitrogens with zero attached hydrogens (tertiary/aromatic N) is 6. The summed E-state index contributed by atoms with van der Waals surface area (Å²) >= 11 is 1.15. The normalized spacial score (nSPS) is 18.4. The number of hydrogen-bond donors (Lipinski definition) is 0. The topological polar surface area (TPSA) is 76.8 Å². The van der Waals surface area contributed by atoms with Gasteiger partial charge in [-0.1, -0.05) is 0 Å². The molecular weight excluding hydrogens is 321 g/mol. The number of fused-ring (bicyclic) bond motifs is 1. The Hall–Kier alpha value is -2.04. The molecule has 11 heteroatoms. The predicted molar refractivity (Wildman–Crippen MR) is 69.8 cm³/mol. The van der Waals surface area contributed by atoms with E-state index in [2.05, 4.69) is 19.6 Å². The highest BCUT2D eigenvalue weighted by Gasteiger charge is 2.46. The van der Waals surface area contributed by atoms with Gasteiger partial charge in [0.25, 0.3) is 0 Å². The highest BCUT2D eigenvalue weighted by atomic mass is 32.1. The lowest BCUT2D eigenvalue weighted by Crippen LogP contribution is -2.47. The van der Waals surface area contributed by atoms with E-state index in [1.54, 1.807) is 11.5 Å². The maximum atomic E-state index is 12.6. The molecule has 0 saturated carbocycles. The molecule has 7 nitrogen and oxygen atoms in total. The van der Waals surface area contributed by atoms with Gasteiger partial charge in [-0.15, -0.1) is 10.2 Å². The van der Waals surface area contributed by atoms with Crippen molar-refractivity contribution in [1.82, 2.24) is 29.0 Å². The summed E-state index contributed by atoms with van der Waals surface area (Å²) in [6.45, 7) is 3.36. The molecule has 0 unspecified atom stereocenters. The quantitative estimate of drug-likeness (QED) is 0.792. The van der Waals surface area contributed by atoms with Crippen LogP contribution in [0.15, 0.2) is 0 Å². The molecule has 1 aliphatic heterocycles. The van der Waals surface area contributed by atoms with E-state index in [0.29, 0.717) is 22.5 Å². The molecular formula is C11H11F3N6OS. The number of rotatable bonds is 1. The number of aromatic nitrogens is 5. The third kappa shape index (κ3) is 2.34. The molecule has 0 N–H and O–H groups in total. The Bertz CT molecular complexity index is 724. The van der Waals surface area contributed by atoms with Gasteiger partial charge in [0, 0.05) is 13.1 Å². The number of hydrogen-bond acceptors (Lipinski definition) is 6. The van der Waals surface area contributed by atoms with Crippen molar-refractivity contribution in [3.63, 3.8) is 0 Å². The molecule has 2 aromatic heterocycles. The van der Waals surface area contributed by atoms with Gasteiger partial charge in [-0.3, -0.25) is 4.79 Å². The Kier molecular flexibility index (Phi) is 3.38. The van der Waals surface area contributed by atoms with Gasteiger partial charge >= 0.3 is 12.1 Å². The average molecular weight is 332 g/mol. The number of alkyl halides is 3. The maximum absolute atomic E-state index is 12.6. The maximum Gasteiger partial charge on any atom is 0.471 e. The van der Waals surface area contributed by atoms with Gasteiger partial charge in [-0.25, -0.2) is 4.98 Å². The van der Waals surface area contributed by atoms with Crippen LogP contribution in [0.5, 0.6) is 0 Å². The van der Waals surface area contributed by atoms with Gasteiger partial charge in [-0.2, -0.15) is 17.5 Å². The second-order valence-corrected chi connectivity index (χ2v) is 5.60. The van der Waals surface area contributed by atoms with Crippen LogP contribution in [-0.4, -0.2) is 47.7 Å². The van der Waals surface area contributed by atoms with Crippen LogP contribution in [0, 0.1) is 6.92 Å². The summed E-state index contributed by atoms with van der Waals surface area (Å²) in [6.07, 6.45) is -4.89. The van der Waals surface area contributed by atoms with Crippen LogP contribution >= 0.6 is 11.5 Å². The predicted octanol–water partition coefficient (Wildman–Crippen LogP) is 1.57. The molecule has 0 saturated heterocycles. The van der Waals surface area contributed by atoms with Gasteiger partial charge in [0.15, 0.2) is 16.7 Å². The van der Waals surface area contributed by atoms with Crippen LogP contribution in [0.2, 0.25) is 0 Å². The number of halogens is 3. The summed E-state index contributed by atoms with van der Waals surface area (Å²) in [7, 11) is 0. The monoisotopic (exact) mass is 332 g/mol. The van der Waals surface area contributed by atoms with Crippen molar-refractivity contribution < 1.29 is 18.0 Å². The second-order valence-electron chi connectivity index (χ2n) is 4.85. The van der Waals surface area contributed by atoms with Gasteiger partial charge in [-0.05, 0) is 25.4 Å². The van der Waals surface area contributed by atoms with Crippen LogP contribution in [0.4, 0.5) is 13.2 Å². The van der Waals surface area contributed by atoms with Gasteiger partial charge < -0.3 is 9.47 Å². The average Bonchev–Trinajstić information content (AvgIpc) is 3.03. The van der Waals surface area contributed by atoms with Gasteiger partial charge in [0.1, 0.15) is 5.82 Å². The van der Waals surface area contributed by atoms with Crippen LogP contribution < -0.4 is 0 Å². The molecule has 0 bridgehead atoms. The van der Waals surface area contributed by atoms with Gasteiger partial charge in [0.05, 0.1) is 6.04 Å². The molecule has 22 heavy (non-hydrogen) atoms. The fourth-order valence-corrected chi connectivity index (χ4v) is 3.04. The molecule has 2 aromatic rings. The fourth-order valence-electron chi connectivity index (χ4n) is 2.37. The standard InChI is InChI=1S/C11H11F3N6OS/c1-5-7-16-17-8(9-15-6(2)18-22-9)20(7)4-3-19(5)10(21)11(12,13)14/h5H,3-4H2,1-2H3/t5-/m1/s1. The Balaban J connectivity index is 1.94. The lowest BCUT2D eigenvalue weighted by atomic mass is 10.2. The molecule has 0 fully saturated rings. The number of carbonyl (C=O) groups excluding carboxylic acids is 1. The zero-order chi connectivity index (χ0) is 16.1. The van der Waals surface area contributed by atoms with E-state index in [1.165, 1.54) is 6.92 Å². The molecule has 118 valence electrons. The number of aryl methyl sites for hydroxylation is 1. The smallest absolute Gasteiger partial charge is 0.323 e. The van der Waals surface area contributed by atoms with Crippen molar-refractivity contribution in [3.05, 3.63) is 11.6 Å². The summed E-state index contributed by atoms with van der Waals surface area (Å²) in [5.41, 5.74) is 0. The lowest BCUT2D eigenvalue weighted by Gasteiger charge is -2.33. The Morgan fingerprint density at radius 3 is 2.64 bits per heavy atom. The lowest BCUT2D eigenvalue weighted by molar-refractivity contribution is -0.188. The molecule has 3 heterocycles. The van der Waals surface area contributed by atoms with E-state index in [0.717, 1.165) is 16.4 Å². The minimum Gasteiger partial charge on any atom is -0.323 e. The van der Waals surface area contributed by atoms with Gasteiger partial charge in [0.2, 0.25) is 0 Å². The minimum atomic E-state index is -4.89. The Labute approximate surface area is 127 Å². The van der Waals surface area contributed by atoms with E-state index in [4.69, 9.17) is 0 Å². The molecule has 0 radical (unpaired) electrons. The summed E-state index contributed by atoms with van der Waals surface area (Å²) < 4.78 is 43.6. The van der Waals surface area contributed by atoms with Crippen molar-refractivity contribution in [2.24, 2.45) is 0 Å². The molecule has 0 aliphatic carbocycles. The van der Waals surface area contributed by atoms with Crippen LogP contribution in [-0.2, 0) is 11.3 Å². The Morgan fingerprint density at radius 1 is 1.32 bits per heavy atom. The summed E-state index contributed by atoms with van der Waals surface area (Å²) in [5, 5.41) is 8.47. The van der Waals surface area contributed by atoms with E-state index >= 15 is 0 Å². The number of carbonyl (C=O) groups is 1. The van der Waals surface area contributed by atoms with E-state index in [1.807, 2.05) is 0 Å². The minimum absolute atomic E-state index is 0.0602. The SMILES string of the molecule is Cc1nsc(-c2nnc3n2CCN(C(=O)C(F)(F)F)[C@@H]3C)n1. The summed E-state index contributed by atoms with van der Waals surface area (Å²) in [6, 6.07) is -0.807. The molecule has 1 atom stereocenters. The van der Waals surface area contributed by atoms with Crippen LogP contribution in [0.1, 0.15) is 24.6 Å². The third-order valence-corrected chi connectivity index (χ3v) is 4.21.